The van der Waals surface area contributed by atoms with Crippen molar-refractivity contribution in [2.45, 2.75) is 0 Å². The van der Waals surface area contributed by atoms with E-state index in [-0.39, 0.29) is 5.76 Å². The van der Waals surface area contributed by atoms with Crippen molar-refractivity contribution in [3.8, 4) is 11.1 Å². The summed E-state index contributed by atoms with van der Waals surface area (Å²) in [7, 11) is 0. The van der Waals surface area contributed by atoms with Gasteiger partial charge in [0.2, 0.25) is 0 Å². The van der Waals surface area contributed by atoms with Gasteiger partial charge in [0, 0.05) is 6.21 Å². The fraction of sp³-hybridized carbons (Fsp3) is 0. The molecule has 19 heavy (non-hydrogen) atoms. The van der Waals surface area contributed by atoms with Gasteiger partial charge in [0.05, 0.1) is 29.3 Å². The fourth-order valence-corrected chi connectivity index (χ4v) is 2.02. The van der Waals surface area contributed by atoms with E-state index in [1.54, 1.807) is 12.4 Å². The van der Waals surface area contributed by atoms with Gasteiger partial charge in [-0.1, -0.05) is 5.16 Å². The predicted molar refractivity (Wildman–Crippen MR) is 71.8 cm³/mol. The van der Waals surface area contributed by atoms with Crippen molar-refractivity contribution >= 4 is 29.1 Å². The van der Waals surface area contributed by atoms with Crippen LogP contribution < -0.4 is 5.73 Å². The van der Waals surface area contributed by atoms with E-state index in [2.05, 4.69) is 15.1 Å². The van der Waals surface area contributed by atoms with E-state index in [1.807, 2.05) is 6.07 Å². The van der Waals surface area contributed by atoms with E-state index in [0.29, 0.717) is 22.5 Å². The van der Waals surface area contributed by atoms with Crippen LogP contribution in [0.2, 0.25) is 0 Å². The topological polar surface area (TPSA) is 128 Å². The van der Waals surface area contributed by atoms with Gasteiger partial charge in [-0.2, -0.15) is 0 Å². The normalized spacial score (nSPS) is 10.7. The summed E-state index contributed by atoms with van der Waals surface area (Å²) in [6.45, 7) is 0. The maximum absolute atomic E-state index is 7.33. The third kappa shape index (κ3) is 1.60. The highest BCUT2D eigenvalue weighted by Crippen LogP contribution is 2.31. The number of benzene rings is 1. The number of nitrogens with zero attached hydrogens (tertiary/aromatic N) is 2. The zero-order chi connectivity index (χ0) is 13.4. The van der Waals surface area contributed by atoms with Gasteiger partial charge in [0.1, 0.15) is 11.2 Å². The molecule has 2 aromatic heterocycles. The van der Waals surface area contributed by atoms with Crippen molar-refractivity contribution in [3.63, 3.8) is 0 Å². The Morgan fingerprint density at radius 3 is 2.84 bits per heavy atom. The molecule has 0 spiro atoms. The van der Waals surface area contributed by atoms with Crippen molar-refractivity contribution in [2.75, 3.05) is 5.73 Å². The fourth-order valence-electron chi connectivity index (χ4n) is 2.02. The number of aromatic nitrogens is 3. The molecule has 0 radical (unpaired) electrons. The first kappa shape index (κ1) is 11.1. The Morgan fingerprint density at radius 1 is 1.26 bits per heavy atom. The molecule has 0 atom stereocenters. The van der Waals surface area contributed by atoms with Gasteiger partial charge in [-0.05, 0) is 17.7 Å². The number of aromatic amines is 1. The standard InChI is InChI=1S/C12H10N6O/c13-3-9-11(10(4-14)19-18-9)6-1-7(15)12-8(2-6)16-5-17-12/h1-5,13-14H,15H2,(H,16,17). The Balaban J connectivity index is 2.32. The van der Waals surface area contributed by atoms with Gasteiger partial charge in [0.25, 0.3) is 0 Å². The molecule has 94 valence electrons. The van der Waals surface area contributed by atoms with E-state index in [0.717, 1.165) is 23.5 Å². The summed E-state index contributed by atoms with van der Waals surface area (Å²) in [5.74, 6) is 0.289. The minimum Gasteiger partial charge on any atom is -0.397 e. The number of H-pyrrole nitrogens is 1. The summed E-state index contributed by atoms with van der Waals surface area (Å²) < 4.78 is 5.01. The summed E-state index contributed by atoms with van der Waals surface area (Å²) in [6.07, 6.45) is 3.70. The lowest BCUT2D eigenvalue weighted by molar-refractivity contribution is 0.414. The molecule has 0 aliphatic carbocycles. The number of rotatable bonds is 3. The van der Waals surface area contributed by atoms with E-state index in [9.17, 15) is 0 Å². The molecule has 7 heteroatoms. The van der Waals surface area contributed by atoms with Gasteiger partial charge >= 0.3 is 0 Å². The van der Waals surface area contributed by atoms with Crippen LogP contribution in [0.3, 0.4) is 0 Å². The minimum atomic E-state index is 0.289. The first-order valence-electron chi connectivity index (χ1n) is 5.48. The molecule has 0 unspecified atom stereocenters. The van der Waals surface area contributed by atoms with Crippen molar-refractivity contribution in [2.24, 2.45) is 0 Å². The molecule has 1 aromatic carbocycles. The average molecular weight is 254 g/mol. The van der Waals surface area contributed by atoms with Crippen LogP contribution in [-0.2, 0) is 0 Å². The van der Waals surface area contributed by atoms with Crippen molar-refractivity contribution in [1.29, 1.82) is 10.8 Å². The Labute approximate surface area is 107 Å². The Hall–Kier alpha value is -2.96. The molecule has 5 N–H and O–H groups in total. The van der Waals surface area contributed by atoms with E-state index < -0.39 is 0 Å². The molecule has 7 nitrogen and oxygen atoms in total. The Morgan fingerprint density at radius 2 is 2.11 bits per heavy atom. The third-order valence-corrected chi connectivity index (χ3v) is 2.85. The predicted octanol–water partition coefficient (Wildman–Crippen LogP) is 1.80. The lowest BCUT2D eigenvalue weighted by Gasteiger charge is -2.03. The molecular formula is C12H10N6O. The number of imidazole rings is 1. The highest BCUT2D eigenvalue weighted by molar-refractivity contribution is 5.99. The molecule has 3 aromatic rings. The van der Waals surface area contributed by atoms with Crippen molar-refractivity contribution < 1.29 is 4.52 Å². The van der Waals surface area contributed by atoms with Gasteiger partial charge in [-0.3, -0.25) is 0 Å². The van der Waals surface area contributed by atoms with E-state index in [4.69, 9.17) is 21.1 Å². The molecule has 0 saturated heterocycles. The van der Waals surface area contributed by atoms with Gasteiger partial charge in [-0.15, -0.1) is 0 Å². The second-order valence-electron chi connectivity index (χ2n) is 3.96. The third-order valence-electron chi connectivity index (χ3n) is 2.85. The number of hydrogen-bond donors (Lipinski definition) is 4. The van der Waals surface area contributed by atoms with E-state index in [1.165, 1.54) is 0 Å². The van der Waals surface area contributed by atoms with Crippen LogP contribution in [0.4, 0.5) is 5.69 Å². The van der Waals surface area contributed by atoms with Gasteiger partial charge < -0.3 is 26.1 Å². The minimum absolute atomic E-state index is 0.289. The molecular weight excluding hydrogens is 244 g/mol. The molecule has 0 fully saturated rings. The summed E-state index contributed by atoms with van der Waals surface area (Å²) in [6, 6.07) is 3.57. The summed E-state index contributed by atoms with van der Waals surface area (Å²) >= 11 is 0. The highest BCUT2D eigenvalue weighted by Gasteiger charge is 2.16. The zero-order valence-electron chi connectivity index (χ0n) is 9.77. The summed E-state index contributed by atoms with van der Waals surface area (Å²) in [4.78, 5) is 7.10. The highest BCUT2D eigenvalue weighted by atomic mass is 16.5. The largest absolute Gasteiger partial charge is 0.397 e. The molecule has 0 amide bonds. The smallest absolute Gasteiger partial charge is 0.185 e. The van der Waals surface area contributed by atoms with Gasteiger partial charge in [-0.25, -0.2) is 4.98 Å². The number of nitrogens with one attached hydrogen (secondary N) is 3. The Bertz CT molecular complexity index is 759. The summed E-state index contributed by atoms with van der Waals surface area (Å²) in [5.41, 5.74) is 9.59. The maximum Gasteiger partial charge on any atom is 0.185 e. The molecule has 0 bridgehead atoms. The zero-order valence-corrected chi connectivity index (χ0v) is 9.77. The lowest BCUT2D eigenvalue weighted by atomic mass is 10.0. The van der Waals surface area contributed by atoms with Crippen LogP contribution >= 0.6 is 0 Å². The first-order chi connectivity index (χ1) is 9.24. The second kappa shape index (κ2) is 4.05. The quantitative estimate of drug-likeness (QED) is 0.419. The number of hydrogen-bond acceptors (Lipinski definition) is 6. The molecule has 0 saturated carbocycles. The monoisotopic (exact) mass is 254 g/mol. The van der Waals surface area contributed by atoms with E-state index >= 15 is 0 Å². The van der Waals surface area contributed by atoms with Crippen molar-refractivity contribution in [1.82, 2.24) is 15.1 Å². The number of anilines is 1. The first-order valence-corrected chi connectivity index (χ1v) is 5.48. The van der Waals surface area contributed by atoms with Crippen LogP contribution in [-0.4, -0.2) is 27.6 Å². The lowest BCUT2D eigenvalue weighted by Crippen LogP contribution is -1.92. The maximum atomic E-state index is 7.33. The SMILES string of the molecule is N=Cc1noc(C=N)c1-c1cc(N)c2nc[nH]c2c1. The van der Waals surface area contributed by atoms with Crippen LogP contribution in [0.1, 0.15) is 11.5 Å². The Kier molecular flexibility index (Phi) is 2.38. The molecule has 0 aliphatic heterocycles. The second-order valence-corrected chi connectivity index (χ2v) is 3.96. The summed E-state index contributed by atoms with van der Waals surface area (Å²) in [5, 5.41) is 18.4. The molecule has 3 rings (SSSR count). The average Bonchev–Trinajstić information content (AvgIpc) is 3.04. The van der Waals surface area contributed by atoms with Crippen molar-refractivity contribution in [3.05, 3.63) is 29.9 Å². The van der Waals surface area contributed by atoms with Crippen LogP contribution in [0.5, 0.6) is 0 Å². The number of nitrogen functional groups attached to an aromatic ring is 1. The van der Waals surface area contributed by atoms with Crippen LogP contribution in [0, 0.1) is 10.8 Å². The van der Waals surface area contributed by atoms with Crippen LogP contribution in [0.15, 0.2) is 23.0 Å². The number of fused-ring (bicyclic) bond motifs is 1. The van der Waals surface area contributed by atoms with Gasteiger partial charge in [0.15, 0.2) is 5.76 Å². The molecule has 0 aliphatic rings. The molecule has 2 heterocycles. The number of nitrogens with two attached hydrogens (primary N) is 1. The van der Waals surface area contributed by atoms with Crippen LogP contribution in [0.25, 0.3) is 22.2 Å².